The maximum atomic E-state index is 12.1. The van der Waals surface area contributed by atoms with Crippen molar-refractivity contribution in [3.8, 4) is 0 Å². The molecule has 1 aliphatic rings. The van der Waals surface area contributed by atoms with Gasteiger partial charge in [0.1, 0.15) is 0 Å². The number of hydrogen-bond acceptors (Lipinski definition) is 6. The molecular weight excluding hydrogens is 278 g/mol. The summed E-state index contributed by atoms with van der Waals surface area (Å²) >= 11 is 1.46. The summed E-state index contributed by atoms with van der Waals surface area (Å²) in [5.74, 6) is 1.51. The Bertz CT molecular complexity index is 575. The SMILES string of the molecule is COCCc1noc(C2CN(C(=O)c3cccs3)C2)n1. The highest BCUT2D eigenvalue weighted by Gasteiger charge is 2.36. The van der Waals surface area contributed by atoms with E-state index < -0.39 is 0 Å². The molecule has 3 rings (SSSR count). The van der Waals surface area contributed by atoms with E-state index in [4.69, 9.17) is 9.26 Å². The van der Waals surface area contributed by atoms with Gasteiger partial charge in [0.15, 0.2) is 5.82 Å². The Hall–Kier alpha value is -1.73. The van der Waals surface area contributed by atoms with Crippen molar-refractivity contribution >= 4 is 17.2 Å². The molecule has 1 saturated heterocycles. The molecule has 0 saturated carbocycles. The van der Waals surface area contributed by atoms with Gasteiger partial charge in [-0.25, -0.2) is 0 Å². The molecule has 0 aliphatic carbocycles. The van der Waals surface area contributed by atoms with E-state index in [0.717, 1.165) is 4.88 Å². The van der Waals surface area contributed by atoms with Crippen LogP contribution in [0.4, 0.5) is 0 Å². The van der Waals surface area contributed by atoms with Crippen molar-refractivity contribution in [3.05, 3.63) is 34.1 Å². The third-order valence-corrected chi connectivity index (χ3v) is 4.12. The van der Waals surface area contributed by atoms with Crippen LogP contribution in [0.15, 0.2) is 22.0 Å². The van der Waals surface area contributed by atoms with Crippen molar-refractivity contribution in [1.82, 2.24) is 15.0 Å². The fourth-order valence-corrected chi connectivity index (χ4v) is 2.78. The van der Waals surface area contributed by atoms with Crippen LogP contribution < -0.4 is 0 Å². The van der Waals surface area contributed by atoms with Gasteiger partial charge in [-0.1, -0.05) is 11.2 Å². The van der Waals surface area contributed by atoms with Crippen LogP contribution in [0.1, 0.15) is 27.3 Å². The normalized spacial score (nSPS) is 15.3. The lowest BCUT2D eigenvalue weighted by Gasteiger charge is -2.36. The van der Waals surface area contributed by atoms with Gasteiger partial charge in [-0.3, -0.25) is 4.79 Å². The molecule has 1 aliphatic heterocycles. The Balaban J connectivity index is 1.55. The molecule has 3 heterocycles. The van der Waals surface area contributed by atoms with Crippen molar-refractivity contribution in [3.63, 3.8) is 0 Å². The number of carbonyl (C=O) groups is 1. The van der Waals surface area contributed by atoms with Gasteiger partial charge in [0.2, 0.25) is 5.89 Å². The molecule has 1 fully saturated rings. The minimum absolute atomic E-state index is 0.0790. The zero-order valence-electron chi connectivity index (χ0n) is 11.1. The van der Waals surface area contributed by atoms with Crippen molar-refractivity contribution in [2.45, 2.75) is 12.3 Å². The van der Waals surface area contributed by atoms with E-state index >= 15 is 0 Å². The summed E-state index contributed by atoms with van der Waals surface area (Å²) in [4.78, 5) is 19.0. The molecule has 106 valence electrons. The summed E-state index contributed by atoms with van der Waals surface area (Å²) in [6.07, 6.45) is 0.643. The predicted octanol–water partition coefficient (Wildman–Crippen LogP) is 1.56. The molecule has 7 heteroatoms. The van der Waals surface area contributed by atoms with E-state index in [1.54, 1.807) is 12.0 Å². The fourth-order valence-electron chi connectivity index (χ4n) is 2.08. The zero-order chi connectivity index (χ0) is 13.9. The Morgan fingerprint density at radius 1 is 1.60 bits per heavy atom. The average molecular weight is 293 g/mol. The first-order valence-electron chi connectivity index (χ1n) is 6.42. The molecule has 0 bridgehead atoms. The molecule has 0 unspecified atom stereocenters. The Labute approximate surface area is 120 Å². The van der Waals surface area contributed by atoms with Gasteiger partial charge >= 0.3 is 0 Å². The van der Waals surface area contributed by atoms with Crippen molar-refractivity contribution in [2.24, 2.45) is 0 Å². The first kappa shape index (κ1) is 13.3. The molecule has 0 N–H and O–H groups in total. The second-order valence-electron chi connectivity index (χ2n) is 4.68. The number of aromatic nitrogens is 2. The van der Waals surface area contributed by atoms with E-state index in [1.165, 1.54) is 11.3 Å². The Morgan fingerprint density at radius 3 is 3.15 bits per heavy atom. The molecular formula is C13H15N3O3S. The van der Waals surface area contributed by atoms with Crippen LogP contribution in [-0.2, 0) is 11.2 Å². The van der Waals surface area contributed by atoms with Gasteiger partial charge in [-0.05, 0) is 11.4 Å². The minimum Gasteiger partial charge on any atom is -0.384 e. The van der Waals surface area contributed by atoms with E-state index in [-0.39, 0.29) is 11.8 Å². The molecule has 0 atom stereocenters. The lowest BCUT2D eigenvalue weighted by molar-refractivity contribution is 0.0574. The van der Waals surface area contributed by atoms with E-state index in [2.05, 4.69) is 10.1 Å². The minimum atomic E-state index is 0.0790. The molecule has 0 spiro atoms. The lowest BCUT2D eigenvalue weighted by atomic mass is 10.00. The van der Waals surface area contributed by atoms with Crippen LogP contribution in [0, 0.1) is 0 Å². The second kappa shape index (κ2) is 5.72. The molecule has 20 heavy (non-hydrogen) atoms. The number of hydrogen-bond donors (Lipinski definition) is 0. The summed E-state index contributed by atoms with van der Waals surface area (Å²) < 4.78 is 10.2. The maximum absolute atomic E-state index is 12.1. The van der Waals surface area contributed by atoms with Crippen molar-refractivity contribution in [2.75, 3.05) is 26.8 Å². The molecule has 6 nitrogen and oxygen atoms in total. The molecule has 1 amide bonds. The Kier molecular flexibility index (Phi) is 3.79. The van der Waals surface area contributed by atoms with E-state index in [9.17, 15) is 4.79 Å². The number of carbonyl (C=O) groups excluding carboxylic acids is 1. The van der Waals surface area contributed by atoms with Crippen LogP contribution in [0.25, 0.3) is 0 Å². The molecule has 2 aromatic rings. The smallest absolute Gasteiger partial charge is 0.263 e. The fraction of sp³-hybridized carbons (Fsp3) is 0.462. The number of likely N-dealkylation sites (tertiary alicyclic amines) is 1. The van der Waals surface area contributed by atoms with Gasteiger partial charge in [0.25, 0.3) is 5.91 Å². The summed E-state index contributed by atoms with van der Waals surface area (Å²) in [5, 5.41) is 5.82. The quantitative estimate of drug-likeness (QED) is 0.837. The average Bonchev–Trinajstić information content (AvgIpc) is 3.06. The third kappa shape index (κ3) is 2.59. The molecule has 0 aromatic carbocycles. The van der Waals surface area contributed by atoms with Gasteiger partial charge in [-0.15, -0.1) is 11.3 Å². The highest BCUT2D eigenvalue weighted by atomic mass is 32.1. The maximum Gasteiger partial charge on any atom is 0.263 e. The van der Waals surface area contributed by atoms with E-state index in [0.29, 0.717) is 37.8 Å². The predicted molar refractivity (Wildman–Crippen MR) is 72.8 cm³/mol. The molecule has 2 aromatic heterocycles. The zero-order valence-corrected chi connectivity index (χ0v) is 11.9. The lowest BCUT2D eigenvalue weighted by Crippen LogP contribution is -2.48. The van der Waals surface area contributed by atoms with Crippen LogP contribution in [0.2, 0.25) is 0 Å². The second-order valence-corrected chi connectivity index (χ2v) is 5.62. The first-order chi connectivity index (χ1) is 9.78. The summed E-state index contributed by atoms with van der Waals surface area (Å²) in [6.45, 7) is 1.86. The molecule has 0 radical (unpaired) electrons. The van der Waals surface area contributed by atoms with Crippen molar-refractivity contribution < 1.29 is 14.1 Å². The Morgan fingerprint density at radius 2 is 2.45 bits per heavy atom. The van der Waals surface area contributed by atoms with Crippen LogP contribution in [0.5, 0.6) is 0 Å². The van der Waals surface area contributed by atoms with Gasteiger partial charge < -0.3 is 14.2 Å². The topological polar surface area (TPSA) is 68.5 Å². The van der Waals surface area contributed by atoms with Gasteiger partial charge in [-0.2, -0.15) is 4.98 Å². The summed E-state index contributed by atoms with van der Waals surface area (Å²) in [6, 6.07) is 3.73. The number of rotatable bonds is 5. The summed E-state index contributed by atoms with van der Waals surface area (Å²) in [7, 11) is 1.64. The number of ether oxygens (including phenoxy) is 1. The van der Waals surface area contributed by atoms with E-state index in [1.807, 2.05) is 17.5 Å². The van der Waals surface area contributed by atoms with Crippen LogP contribution in [-0.4, -0.2) is 47.8 Å². The number of nitrogens with zero attached hydrogens (tertiary/aromatic N) is 3. The number of amides is 1. The first-order valence-corrected chi connectivity index (χ1v) is 7.30. The largest absolute Gasteiger partial charge is 0.384 e. The van der Waals surface area contributed by atoms with Crippen LogP contribution >= 0.6 is 11.3 Å². The van der Waals surface area contributed by atoms with Gasteiger partial charge in [0.05, 0.1) is 17.4 Å². The van der Waals surface area contributed by atoms with Crippen molar-refractivity contribution in [1.29, 1.82) is 0 Å². The highest BCUT2D eigenvalue weighted by molar-refractivity contribution is 7.12. The third-order valence-electron chi connectivity index (χ3n) is 3.26. The number of methoxy groups -OCH3 is 1. The number of thiophene rings is 1. The monoisotopic (exact) mass is 293 g/mol. The standard InChI is InChI=1S/C13H15N3O3S/c1-18-5-4-11-14-12(19-15-11)9-7-16(8-9)13(17)10-3-2-6-20-10/h2-3,6,9H,4-5,7-8H2,1H3. The summed E-state index contributed by atoms with van der Waals surface area (Å²) in [5.41, 5.74) is 0. The van der Waals surface area contributed by atoms with Gasteiger partial charge in [0, 0.05) is 26.6 Å². The highest BCUT2D eigenvalue weighted by Crippen LogP contribution is 2.28. The van der Waals surface area contributed by atoms with Crippen LogP contribution in [0.3, 0.4) is 0 Å².